The molecule has 0 saturated heterocycles. The van der Waals surface area contributed by atoms with E-state index < -0.39 is 0 Å². The van der Waals surface area contributed by atoms with Crippen LogP contribution in [0, 0.1) is 20.8 Å². The number of nitrogens with zero attached hydrogens (tertiary/aromatic N) is 2. The van der Waals surface area contributed by atoms with Crippen LogP contribution in [0.25, 0.3) is 11.5 Å². The van der Waals surface area contributed by atoms with Gasteiger partial charge in [0.15, 0.2) is 0 Å². The number of benzene rings is 1. The Morgan fingerprint density at radius 1 is 1.04 bits per heavy atom. The lowest BCUT2D eigenvalue weighted by atomic mass is 10.0. The minimum absolute atomic E-state index is 0.0823. The first kappa shape index (κ1) is 17.7. The first-order valence-corrected chi connectivity index (χ1v) is 9.71. The second-order valence-corrected chi connectivity index (χ2v) is 7.55. The van der Waals surface area contributed by atoms with E-state index in [4.69, 9.17) is 8.83 Å². The van der Waals surface area contributed by atoms with Gasteiger partial charge in [0.05, 0.1) is 18.2 Å². The molecule has 1 aromatic carbocycles. The van der Waals surface area contributed by atoms with Crippen LogP contribution in [0.15, 0.2) is 56.7 Å². The molecular formula is C21H21N3O2S. The van der Waals surface area contributed by atoms with Crippen molar-refractivity contribution in [3.05, 3.63) is 81.3 Å². The van der Waals surface area contributed by atoms with Crippen LogP contribution in [-0.4, -0.2) is 10.2 Å². The lowest BCUT2D eigenvalue weighted by molar-refractivity contribution is 0.461. The van der Waals surface area contributed by atoms with Gasteiger partial charge in [-0.05, 0) is 43.8 Å². The van der Waals surface area contributed by atoms with Crippen molar-refractivity contribution >= 4 is 11.3 Å². The molecule has 4 aromatic rings. The van der Waals surface area contributed by atoms with E-state index in [9.17, 15) is 0 Å². The van der Waals surface area contributed by atoms with Crippen molar-refractivity contribution in [3.63, 3.8) is 0 Å². The fourth-order valence-corrected chi connectivity index (χ4v) is 3.89. The molecule has 0 aliphatic carbocycles. The predicted octanol–water partition coefficient (Wildman–Crippen LogP) is 5.20. The Hall–Kier alpha value is -2.70. The molecular weight excluding hydrogens is 358 g/mol. The van der Waals surface area contributed by atoms with E-state index in [0.717, 1.165) is 17.1 Å². The maximum atomic E-state index is 5.85. The summed E-state index contributed by atoms with van der Waals surface area (Å²) < 4.78 is 11.4. The number of aryl methyl sites for hydroxylation is 3. The average Bonchev–Trinajstić information content (AvgIpc) is 3.38. The van der Waals surface area contributed by atoms with Crippen molar-refractivity contribution in [1.82, 2.24) is 15.5 Å². The van der Waals surface area contributed by atoms with Crippen molar-refractivity contribution in [3.8, 4) is 11.5 Å². The number of hydrogen-bond donors (Lipinski definition) is 1. The van der Waals surface area contributed by atoms with Crippen LogP contribution in [0.1, 0.15) is 39.5 Å². The molecule has 3 heterocycles. The monoisotopic (exact) mass is 379 g/mol. The van der Waals surface area contributed by atoms with E-state index in [-0.39, 0.29) is 6.04 Å². The Morgan fingerprint density at radius 2 is 1.85 bits per heavy atom. The van der Waals surface area contributed by atoms with E-state index in [1.807, 2.05) is 19.9 Å². The van der Waals surface area contributed by atoms with Gasteiger partial charge in [-0.1, -0.05) is 35.9 Å². The van der Waals surface area contributed by atoms with Crippen LogP contribution in [-0.2, 0) is 6.54 Å². The van der Waals surface area contributed by atoms with E-state index in [2.05, 4.69) is 64.2 Å². The van der Waals surface area contributed by atoms with Gasteiger partial charge in [-0.2, -0.15) is 0 Å². The Balaban J connectivity index is 1.53. The molecule has 3 aromatic heterocycles. The topological polar surface area (TPSA) is 64.1 Å². The van der Waals surface area contributed by atoms with Gasteiger partial charge in [0.2, 0.25) is 5.89 Å². The summed E-state index contributed by atoms with van der Waals surface area (Å²) in [5.74, 6) is 2.66. The zero-order chi connectivity index (χ0) is 18.8. The van der Waals surface area contributed by atoms with Crippen LogP contribution < -0.4 is 5.32 Å². The van der Waals surface area contributed by atoms with Crippen molar-refractivity contribution in [2.24, 2.45) is 0 Å². The third-order valence-corrected chi connectivity index (χ3v) is 5.37. The molecule has 0 fully saturated rings. The van der Waals surface area contributed by atoms with Gasteiger partial charge in [0.1, 0.15) is 11.5 Å². The standard InChI is InChI=1S/C21H21N3O2S/c1-13-6-8-16(9-7-13)20(18-5-4-10-27-18)22-12-19-23-24-21(26-19)17-11-14(2)25-15(17)3/h4-11,20,22H,12H2,1-3H3/t20-/m0/s1. The molecule has 0 aliphatic heterocycles. The summed E-state index contributed by atoms with van der Waals surface area (Å²) in [6, 6.07) is 14.8. The minimum Gasteiger partial charge on any atom is -0.466 e. The zero-order valence-electron chi connectivity index (χ0n) is 15.5. The van der Waals surface area contributed by atoms with E-state index in [1.54, 1.807) is 11.3 Å². The lowest BCUT2D eigenvalue weighted by Crippen LogP contribution is -2.21. The average molecular weight is 379 g/mol. The minimum atomic E-state index is 0.0823. The molecule has 4 rings (SSSR count). The highest BCUT2D eigenvalue weighted by molar-refractivity contribution is 7.10. The predicted molar refractivity (Wildman–Crippen MR) is 106 cm³/mol. The van der Waals surface area contributed by atoms with Crippen molar-refractivity contribution < 1.29 is 8.83 Å². The number of nitrogens with one attached hydrogen (secondary N) is 1. The van der Waals surface area contributed by atoms with Crippen molar-refractivity contribution in [2.75, 3.05) is 0 Å². The molecule has 0 amide bonds. The van der Waals surface area contributed by atoms with Crippen molar-refractivity contribution in [2.45, 2.75) is 33.4 Å². The Morgan fingerprint density at radius 3 is 2.52 bits per heavy atom. The molecule has 6 heteroatoms. The molecule has 1 N–H and O–H groups in total. The fraction of sp³-hybridized carbons (Fsp3) is 0.238. The third-order valence-electron chi connectivity index (χ3n) is 4.43. The molecule has 1 atom stereocenters. The lowest BCUT2D eigenvalue weighted by Gasteiger charge is -2.17. The summed E-state index contributed by atoms with van der Waals surface area (Å²) in [4.78, 5) is 1.25. The summed E-state index contributed by atoms with van der Waals surface area (Å²) in [6.07, 6.45) is 0. The summed E-state index contributed by atoms with van der Waals surface area (Å²) >= 11 is 1.73. The highest BCUT2D eigenvalue weighted by Crippen LogP contribution is 2.28. The van der Waals surface area contributed by atoms with Gasteiger partial charge in [0.25, 0.3) is 5.89 Å². The van der Waals surface area contributed by atoms with Gasteiger partial charge in [-0.25, -0.2) is 0 Å². The van der Waals surface area contributed by atoms with Crippen LogP contribution in [0.5, 0.6) is 0 Å². The van der Waals surface area contributed by atoms with Gasteiger partial charge in [-0.15, -0.1) is 21.5 Å². The molecule has 0 spiro atoms. The number of hydrogen-bond acceptors (Lipinski definition) is 6. The molecule has 138 valence electrons. The quantitative estimate of drug-likeness (QED) is 0.499. The SMILES string of the molecule is Cc1ccc([C@H](NCc2nnc(-c3cc(C)oc3C)o2)c2cccs2)cc1. The van der Waals surface area contributed by atoms with E-state index in [0.29, 0.717) is 18.3 Å². The second-order valence-electron chi connectivity index (χ2n) is 6.57. The molecule has 0 unspecified atom stereocenters. The molecule has 0 aliphatic rings. The first-order chi connectivity index (χ1) is 13.1. The van der Waals surface area contributed by atoms with E-state index in [1.165, 1.54) is 16.0 Å². The zero-order valence-corrected chi connectivity index (χ0v) is 16.3. The summed E-state index contributed by atoms with van der Waals surface area (Å²) in [5.41, 5.74) is 3.31. The van der Waals surface area contributed by atoms with Gasteiger partial charge in [0, 0.05) is 4.88 Å². The molecule has 0 saturated carbocycles. The Kier molecular flexibility index (Phi) is 4.92. The molecule has 0 radical (unpaired) electrons. The summed E-state index contributed by atoms with van der Waals surface area (Å²) in [6.45, 7) is 6.38. The number of aromatic nitrogens is 2. The van der Waals surface area contributed by atoms with Crippen molar-refractivity contribution in [1.29, 1.82) is 0 Å². The largest absolute Gasteiger partial charge is 0.466 e. The van der Waals surface area contributed by atoms with Gasteiger partial charge < -0.3 is 8.83 Å². The maximum Gasteiger partial charge on any atom is 0.251 e. The highest BCUT2D eigenvalue weighted by atomic mass is 32.1. The Bertz CT molecular complexity index is 1020. The summed E-state index contributed by atoms with van der Waals surface area (Å²) in [7, 11) is 0. The molecule has 0 bridgehead atoms. The van der Waals surface area contributed by atoms with E-state index >= 15 is 0 Å². The van der Waals surface area contributed by atoms with Crippen LogP contribution in [0.2, 0.25) is 0 Å². The fourth-order valence-electron chi connectivity index (χ4n) is 3.06. The number of rotatable bonds is 6. The number of thiophene rings is 1. The maximum absolute atomic E-state index is 5.85. The summed E-state index contributed by atoms with van der Waals surface area (Å²) in [5, 5.41) is 14.0. The molecule has 27 heavy (non-hydrogen) atoms. The normalized spacial score (nSPS) is 12.4. The van der Waals surface area contributed by atoms with Gasteiger partial charge in [-0.3, -0.25) is 5.32 Å². The van der Waals surface area contributed by atoms with Crippen LogP contribution in [0.4, 0.5) is 0 Å². The third kappa shape index (κ3) is 3.86. The van der Waals surface area contributed by atoms with Crippen LogP contribution in [0.3, 0.4) is 0 Å². The van der Waals surface area contributed by atoms with Crippen LogP contribution >= 0.6 is 11.3 Å². The highest BCUT2D eigenvalue weighted by Gasteiger charge is 2.18. The first-order valence-electron chi connectivity index (χ1n) is 8.83. The van der Waals surface area contributed by atoms with Gasteiger partial charge >= 0.3 is 0 Å². The number of furan rings is 1. The smallest absolute Gasteiger partial charge is 0.251 e. The second kappa shape index (κ2) is 7.50. The molecule has 5 nitrogen and oxygen atoms in total. The Labute approximate surface area is 162 Å².